The number of morpholine rings is 1. The molecule has 192 valence electrons. The number of terminal acetylenes is 1. The van der Waals surface area contributed by atoms with Gasteiger partial charge in [0, 0.05) is 31.4 Å². The Morgan fingerprint density at radius 3 is 2.53 bits per heavy atom. The maximum absolute atomic E-state index is 14.5. The molecule has 0 bridgehead atoms. The first kappa shape index (κ1) is 27.2. The molecule has 36 heavy (non-hydrogen) atoms. The fourth-order valence-corrected chi connectivity index (χ4v) is 4.39. The number of hydrogen-bond acceptors (Lipinski definition) is 5. The first-order valence-electron chi connectivity index (χ1n) is 11.6. The molecule has 0 atom stereocenters. The van der Waals surface area contributed by atoms with Crippen molar-refractivity contribution in [2.45, 2.75) is 32.7 Å². The third kappa shape index (κ3) is 7.33. The van der Waals surface area contributed by atoms with Crippen LogP contribution in [-0.2, 0) is 31.5 Å². The summed E-state index contributed by atoms with van der Waals surface area (Å²) in [6.45, 7) is 9.34. The van der Waals surface area contributed by atoms with Gasteiger partial charge >= 0.3 is 0 Å². The molecule has 0 aromatic heterocycles. The van der Waals surface area contributed by atoms with E-state index >= 15 is 0 Å². The molecule has 1 fully saturated rings. The summed E-state index contributed by atoms with van der Waals surface area (Å²) in [6.07, 6.45) is 9.54. The number of benzene rings is 2. The number of sulfonamides is 1. The second-order valence-electron chi connectivity index (χ2n) is 9.69. The van der Waals surface area contributed by atoms with Crippen LogP contribution in [0.1, 0.15) is 43.0 Å². The van der Waals surface area contributed by atoms with Crippen molar-refractivity contribution in [3.05, 3.63) is 64.5 Å². The van der Waals surface area contributed by atoms with Gasteiger partial charge < -0.3 is 15.0 Å². The number of carbonyl (C=O) groups excluding carboxylic acids is 1. The van der Waals surface area contributed by atoms with Gasteiger partial charge in [-0.2, -0.15) is 0 Å². The highest BCUT2D eigenvalue weighted by molar-refractivity contribution is 7.92. The maximum atomic E-state index is 14.5. The zero-order chi connectivity index (χ0) is 26.5. The summed E-state index contributed by atoms with van der Waals surface area (Å²) in [6, 6.07) is 8.84. The predicted molar refractivity (Wildman–Crippen MR) is 142 cm³/mol. The standard InChI is InChI=1S/C27H32FN3O4S/c1-6-20-15-19(16-23(28)26(20)30-36(5,33)34)18-29-25(32)10-8-21-7-9-22(27(2,3)4)17-24(21)31-11-13-35-14-12-31/h1,7-10,15-17,30H,11-14,18H2,2-5H3,(H,29,32)/b10-8+. The number of halogens is 1. The van der Waals surface area contributed by atoms with Gasteiger partial charge in [0.1, 0.15) is 5.82 Å². The summed E-state index contributed by atoms with van der Waals surface area (Å²) in [5.74, 6) is 1.11. The van der Waals surface area contributed by atoms with E-state index in [4.69, 9.17) is 11.2 Å². The minimum atomic E-state index is -3.70. The molecule has 0 unspecified atom stereocenters. The van der Waals surface area contributed by atoms with E-state index in [-0.39, 0.29) is 29.1 Å². The molecule has 0 aliphatic carbocycles. The van der Waals surface area contributed by atoms with E-state index < -0.39 is 15.8 Å². The van der Waals surface area contributed by atoms with Crippen LogP contribution in [0, 0.1) is 18.2 Å². The molecule has 3 rings (SSSR count). The summed E-state index contributed by atoms with van der Waals surface area (Å²) in [7, 11) is -3.70. The quantitative estimate of drug-likeness (QED) is 0.436. The third-order valence-corrected chi connectivity index (χ3v) is 6.30. The van der Waals surface area contributed by atoms with E-state index in [1.807, 2.05) is 6.07 Å². The minimum absolute atomic E-state index is 0.0143. The Bertz CT molecular complexity index is 1300. The number of hydrogen-bond donors (Lipinski definition) is 2. The number of nitrogens with zero attached hydrogens (tertiary/aromatic N) is 1. The fraction of sp³-hybridized carbons (Fsp3) is 0.370. The van der Waals surface area contributed by atoms with Crippen molar-refractivity contribution in [2.24, 2.45) is 0 Å². The molecule has 0 saturated carbocycles. The largest absolute Gasteiger partial charge is 0.378 e. The zero-order valence-electron chi connectivity index (χ0n) is 21.0. The molecule has 2 N–H and O–H groups in total. The van der Waals surface area contributed by atoms with Gasteiger partial charge in [-0.1, -0.05) is 38.8 Å². The molecule has 1 aliphatic rings. The van der Waals surface area contributed by atoms with Crippen LogP contribution in [0.15, 0.2) is 36.4 Å². The van der Waals surface area contributed by atoms with Crippen LogP contribution < -0.4 is 14.9 Å². The average Bonchev–Trinajstić information content (AvgIpc) is 2.82. The van der Waals surface area contributed by atoms with Gasteiger partial charge in [0.2, 0.25) is 15.9 Å². The van der Waals surface area contributed by atoms with Crippen LogP contribution in [0.3, 0.4) is 0 Å². The first-order valence-corrected chi connectivity index (χ1v) is 13.5. The smallest absolute Gasteiger partial charge is 0.244 e. The molecular formula is C27H32FN3O4S. The van der Waals surface area contributed by atoms with Gasteiger partial charge in [-0.25, -0.2) is 12.8 Å². The van der Waals surface area contributed by atoms with E-state index in [2.05, 4.69) is 53.8 Å². The molecular weight excluding hydrogens is 481 g/mol. The molecule has 1 saturated heterocycles. The Morgan fingerprint density at radius 2 is 1.92 bits per heavy atom. The van der Waals surface area contributed by atoms with Crippen molar-refractivity contribution in [1.29, 1.82) is 0 Å². The lowest BCUT2D eigenvalue weighted by Gasteiger charge is -2.32. The van der Waals surface area contributed by atoms with Crippen molar-refractivity contribution in [3.63, 3.8) is 0 Å². The minimum Gasteiger partial charge on any atom is -0.378 e. The number of ether oxygens (including phenoxy) is 1. The molecule has 0 spiro atoms. The molecule has 1 aliphatic heterocycles. The van der Waals surface area contributed by atoms with Gasteiger partial charge in [-0.3, -0.25) is 9.52 Å². The average molecular weight is 514 g/mol. The number of carbonyl (C=O) groups is 1. The lowest BCUT2D eigenvalue weighted by molar-refractivity contribution is -0.116. The Hall–Kier alpha value is -3.35. The molecule has 7 nitrogen and oxygen atoms in total. The fourth-order valence-electron chi connectivity index (χ4n) is 3.81. The lowest BCUT2D eigenvalue weighted by Crippen LogP contribution is -2.36. The molecule has 1 heterocycles. The number of amides is 1. The summed E-state index contributed by atoms with van der Waals surface area (Å²) < 4.78 is 45.0. The molecule has 0 radical (unpaired) electrons. The van der Waals surface area contributed by atoms with E-state index in [0.29, 0.717) is 18.8 Å². The maximum Gasteiger partial charge on any atom is 0.244 e. The Labute approximate surface area is 212 Å². The van der Waals surface area contributed by atoms with E-state index in [0.717, 1.165) is 36.7 Å². The summed E-state index contributed by atoms with van der Waals surface area (Å²) >= 11 is 0. The van der Waals surface area contributed by atoms with Crippen LogP contribution in [-0.4, -0.2) is 46.9 Å². The number of anilines is 2. The Kier molecular flexibility index (Phi) is 8.43. The number of nitrogens with one attached hydrogen (secondary N) is 2. The molecule has 2 aromatic carbocycles. The second kappa shape index (κ2) is 11.1. The topological polar surface area (TPSA) is 87.7 Å². The van der Waals surface area contributed by atoms with Gasteiger partial charge in [0.05, 0.1) is 30.7 Å². The van der Waals surface area contributed by atoms with E-state index in [9.17, 15) is 17.6 Å². The van der Waals surface area contributed by atoms with Crippen molar-refractivity contribution in [2.75, 3.05) is 42.2 Å². The second-order valence-corrected chi connectivity index (χ2v) is 11.4. The monoisotopic (exact) mass is 513 g/mol. The van der Waals surface area contributed by atoms with Crippen molar-refractivity contribution in [1.82, 2.24) is 5.32 Å². The molecule has 1 amide bonds. The third-order valence-electron chi connectivity index (χ3n) is 5.72. The first-order chi connectivity index (χ1) is 16.9. The van der Waals surface area contributed by atoms with Gasteiger partial charge in [0.15, 0.2) is 0 Å². The Balaban J connectivity index is 1.76. The summed E-state index contributed by atoms with van der Waals surface area (Å²) in [4.78, 5) is 14.8. The van der Waals surface area contributed by atoms with Crippen LogP contribution >= 0.6 is 0 Å². The highest BCUT2D eigenvalue weighted by atomic mass is 32.2. The van der Waals surface area contributed by atoms with Crippen LogP contribution in [0.4, 0.5) is 15.8 Å². The SMILES string of the molecule is C#Cc1cc(CNC(=O)/C=C/c2ccc(C(C)(C)C)cc2N2CCOCC2)cc(F)c1NS(C)(=O)=O. The van der Waals surface area contributed by atoms with E-state index in [1.165, 1.54) is 17.7 Å². The normalized spacial score (nSPS) is 14.5. The van der Waals surface area contributed by atoms with Crippen LogP contribution in [0.5, 0.6) is 0 Å². The summed E-state index contributed by atoms with van der Waals surface area (Å²) in [5.41, 5.74) is 3.31. The number of rotatable bonds is 7. The van der Waals surface area contributed by atoms with Gasteiger partial charge in [0.25, 0.3) is 0 Å². The summed E-state index contributed by atoms with van der Waals surface area (Å²) in [5, 5.41) is 2.72. The zero-order valence-corrected chi connectivity index (χ0v) is 21.8. The molecule has 9 heteroatoms. The van der Waals surface area contributed by atoms with E-state index in [1.54, 1.807) is 6.08 Å². The predicted octanol–water partition coefficient (Wildman–Crippen LogP) is 3.64. The van der Waals surface area contributed by atoms with Gasteiger partial charge in [-0.15, -0.1) is 6.42 Å². The van der Waals surface area contributed by atoms with Crippen molar-refractivity contribution >= 4 is 33.4 Å². The van der Waals surface area contributed by atoms with Gasteiger partial charge in [-0.05, 0) is 46.4 Å². The molecule has 2 aromatic rings. The highest BCUT2D eigenvalue weighted by Gasteiger charge is 2.19. The highest BCUT2D eigenvalue weighted by Crippen LogP contribution is 2.31. The van der Waals surface area contributed by atoms with Crippen LogP contribution in [0.2, 0.25) is 0 Å². The van der Waals surface area contributed by atoms with Crippen LogP contribution in [0.25, 0.3) is 6.08 Å². The lowest BCUT2D eigenvalue weighted by atomic mass is 9.86. The Morgan fingerprint density at radius 1 is 1.22 bits per heavy atom. The van der Waals surface area contributed by atoms with Crippen molar-refractivity contribution in [3.8, 4) is 12.3 Å². The van der Waals surface area contributed by atoms with Crippen molar-refractivity contribution < 1.29 is 22.3 Å².